The summed E-state index contributed by atoms with van der Waals surface area (Å²) in [5.41, 5.74) is -0.350. The normalized spacial score (nSPS) is 13.1. The molecule has 0 aliphatic carbocycles. The van der Waals surface area contributed by atoms with Crippen molar-refractivity contribution in [3.8, 4) is 5.75 Å². The molecule has 6 heteroatoms. The first-order valence-corrected chi connectivity index (χ1v) is 6.83. The summed E-state index contributed by atoms with van der Waals surface area (Å²) in [5, 5.41) is 14.4. The summed E-state index contributed by atoms with van der Waals surface area (Å²) in [7, 11) is 1.58. The van der Waals surface area contributed by atoms with Crippen LogP contribution in [0.15, 0.2) is 24.3 Å². The summed E-state index contributed by atoms with van der Waals surface area (Å²) in [6.45, 7) is 3.70. The standard InChI is InChI=1S/C15H22N2O4/c1-4-9-15(2,13(18)19)17-14(20)16-10-11-5-7-12(21-3)8-6-11/h5-8H,4,9-10H2,1-3H3,(H,18,19)(H2,16,17,20). The van der Waals surface area contributed by atoms with E-state index < -0.39 is 17.5 Å². The molecule has 116 valence electrons. The summed E-state index contributed by atoms with van der Waals surface area (Å²) in [4.78, 5) is 23.1. The lowest BCUT2D eigenvalue weighted by molar-refractivity contribution is -0.144. The minimum Gasteiger partial charge on any atom is -0.497 e. The smallest absolute Gasteiger partial charge is 0.329 e. The summed E-state index contributed by atoms with van der Waals surface area (Å²) >= 11 is 0. The molecule has 0 aromatic heterocycles. The molecule has 21 heavy (non-hydrogen) atoms. The van der Waals surface area contributed by atoms with Crippen LogP contribution in [-0.4, -0.2) is 29.8 Å². The third-order valence-electron chi connectivity index (χ3n) is 3.22. The second kappa shape index (κ2) is 7.52. The Morgan fingerprint density at radius 1 is 1.29 bits per heavy atom. The molecule has 0 saturated heterocycles. The molecule has 1 aromatic rings. The summed E-state index contributed by atoms with van der Waals surface area (Å²) in [6, 6.07) is 6.77. The minimum atomic E-state index is -1.25. The van der Waals surface area contributed by atoms with Crippen molar-refractivity contribution in [1.29, 1.82) is 0 Å². The highest BCUT2D eigenvalue weighted by molar-refractivity contribution is 5.85. The third kappa shape index (κ3) is 4.98. The number of urea groups is 1. The van der Waals surface area contributed by atoms with Crippen molar-refractivity contribution in [2.75, 3.05) is 7.11 Å². The maximum Gasteiger partial charge on any atom is 0.329 e. The largest absolute Gasteiger partial charge is 0.497 e. The van der Waals surface area contributed by atoms with Gasteiger partial charge in [-0.2, -0.15) is 0 Å². The fraction of sp³-hybridized carbons (Fsp3) is 0.467. The van der Waals surface area contributed by atoms with Crippen LogP contribution in [0.2, 0.25) is 0 Å². The average molecular weight is 294 g/mol. The number of nitrogens with one attached hydrogen (secondary N) is 2. The predicted octanol–water partition coefficient (Wildman–Crippen LogP) is 2.14. The molecular weight excluding hydrogens is 272 g/mol. The first-order chi connectivity index (χ1) is 9.91. The van der Waals surface area contributed by atoms with Gasteiger partial charge < -0.3 is 20.5 Å². The number of amides is 2. The van der Waals surface area contributed by atoms with Gasteiger partial charge in [-0.25, -0.2) is 9.59 Å². The topological polar surface area (TPSA) is 87.7 Å². The van der Waals surface area contributed by atoms with Crippen LogP contribution in [0.3, 0.4) is 0 Å². The fourth-order valence-corrected chi connectivity index (χ4v) is 1.94. The summed E-state index contributed by atoms with van der Waals surface area (Å²) in [6.07, 6.45) is 1.04. The highest BCUT2D eigenvalue weighted by Gasteiger charge is 2.33. The van der Waals surface area contributed by atoms with Gasteiger partial charge in [-0.3, -0.25) is 0 Å². The number of aliphatic carboxylic acids is 1. The van der Waals surface area contributed by atoms with E-state index in [2.05, 4.69) is 10.6 Å². The van der Waals surface area contributed by atoms with Crippen LogP contribution in [0.1, 0.15) is 32.3 Å². The molecule has 0 spiro atoms. The van der Waals surface area contributed by atoms with Gasteiger partial charge in [0.05, 0.1) is 7.11 Å². The minimum absolute atomic E-state index is 0.317. The number of rotatable bonds is 7. The molecule has 0 bridgehead atoms. The number of hydrogen-bond acceptors (Lipinski definition) is 3. The van der Waals surface area contributed by atoms with E-state index in [9.17, 15) is 14.7 Å². The molecule has 1 aromatic carbocycles. The van der Waals surface area contributed by atoms with Crippen LogP contribution in [0.4, 0.5) is 4.79 Å². The van der Waals surface area contributed by atoms with Crippen LogP contribution < -0.4 is 15.4 Å². The molecule has 3 N–H and O–H groups in total. The van der Waals surface area contributed by atoms with E-state index in [0.29, 0.717) is 19.4 Å². The second-order valence-corrected chi connectivity index (χ2v) is 5.04. The molecule has 1 unspecified atom stereocenters. The van der Waals surface area contributed by atoms with E-state index in [1.54, 1.807) is 19.2 Å². The van der Waals surface area contributed by atoms with Crippen molar-refractivity contribution in [2.24, 2.45) is 0 Å². The van der Waals surface area contributed by atoms with Crippen molar-refractivity contribution in [3.05, 3.63) is 29.8 Å². The highest BCUT2D eigenvalue weighted by Crippen LogP contribution is 2.13. The zero-order valence-electron chi connectivity index (χ0n) is 12.6. The first-order valence-electron chi connectivity index (χ1n) is 6.83. The predicted molar refractivity (Wildman–Crippen MR) is 79.3 cm³/mol. The van der Waals surface area contributed by atoms with E-state index in [0.717, 1.165) is 11.3 Å². The van der Waals surface area contributed by atoms with E-state index in [1.807, 2.05) is 19.1 Å². The number of carboxylic acid groups (broad SMARTS) is 1. The molecule has 0 fully saturated rings. The molecule has 0 heterocycles. The Labute approximate surface area is 124 Å². The van der Waals surface area contributed by atoms with Gasteiger partial charge in [0.15, 0.2) is 0 Å². The second-order valence-electron chi connectivity index (χ2n) is 5.04. The Kier molecular flexibility index (Phi) is 6.02. The SMILES string of the molecule is CCCC(C)(NC(=O)NCc1ccc(OC)cc1)C(=O)O. The van der Waals surface area contributed by atoms with Gasteiger partial charge in [-0.05, 0) is 31.0 Å². The number of methoxy groups -OCH3 is 1. The number of ether oxygens (including phenoxy) is 1. The lowest BCUT2D eigenvalue weighted by atomic mass is 9.97. The van der Waals surface area contributed by atoms with Gasteiger partial charge >= 0.3 is 12.0 Å². The van der Waals surface area contributed by atoms with Crippen LogP contribution in [0.5, 0.6) is 5.75 Å². The van der Waals surface area contributed by atoms with E-state index in [4.69, 9.17) is 4.74 Å². The molecule has 1 rings (SSSR count). The first kappa shape index (κ1) is 16.8. The van der Waals surface area contributed by atoms with Crippen molar-refractivity contribution in [1.82, 2.24) is 10.6 Å². The van der Waals surface area contributed by atoms with E-state index in [1.165, 1.54) is 6.92 Å². The van der Waals surface area contributed by atoms with Crippen LogP contribution in [0, 0.1) is 0 Å². The van der Waals surface area contributed by atoms with Crippen molar-refractivity contribution in [3.63, 3.8) is 0 Å². The Hall–Kier alpha value is -2.24. The molecule has 6 nitrogen and oxygen atoms in total. The zero-order valence-corrected chi connectivity index (χ0v) is 12.6. The van der Waals surface area contributed by atoms with Gasteiger partial charge in [0.1, 0.15) is 11.3 Å². The number of carboxylic acids is 1. The van der Waals surface area contributed by atoms with E-state index >= 15 is 0 Å². The maximum atomic E-state index is 11.8. The number of carbonyl (C=O) groups excluding carboxylic acids is 1. The quantitative estimate of drug-likeness (QED) is 0.719. The molecule has 2 amide bonds. The van der Waals surface area contributed by atoms with Gasteiger partial charge in [0.25, 0.3) is 0 Å². The van der Waals surface area contributed by atoms with Crippen molar-refractivity contribution < 1.29 is 19.4 Å². The van der Waals surface area contributed by atoms with Gasteiger partial charge in [-0.15, -0.1) is 0 Å². The average Bonchev–Trinajstić information content (AvgIpc) is 2.45. The van der Waals surface area contributed by atoms with Crippen LogP contribution in [0.25, 0.3) is 0 Å². The summed E-state index contributed by atoms with van der Waals surface area (Å²) < 4.78 is 5.05. The lowest BCUT2D eigenvalue weighted by Gasteiger charge is -2.25. The Bertz CT molecular complexity index is 487. The summed E-state index contributed by atoms with van der Waals surface area (Å²) in [5.74, 6) is -0.298. The van der Waals surface area contributed by atoms with Crippen molar-refractivity contribution >= 4 is 12.0 Å². The Morgan fingerprint density at radius 3 is 2.38 bits per heavy atom. The molecule has 0 aliphatic heterocycles. The molecule has 0 aliphatic rings. The van der Waals surface area contributed by atoms with E-state index in [-0.39, 0.29) is 0 Å². The van der Waals surface area contributed by atoms with Crippen LogP contribution in [-0.2, 0) is 11.3 Å². The molecule has 1 atom stereocenters. The molecule has 0 saturated carbocycles. The van der Waals surface area contributed by atoms with Gasteiger partial charge in [-0.1, -0.05) is 25.5 Å². The third-order valence-corrected chi connectivity index (χ3v) is 3.22. The molecule has 0 radical (unpaired) electrons. The fourth-order valence-electron chi connectivity index (χ4n) is 1.94. The Balaban J connectivity index is 2.54. The lowest BCUT2D eigenvalue weighted by Crippen LogP contribution is -2.55. The maximum absolute atomic E-state index is 11.8. The number of carbonyl (C=O) groups is 2. The Morgan fingerprint density at radius 2 is 1.90 bits per heavy atom. The van der Waals surface area contributed by atoms with Gasteiger partial charge in [0, 0.05) is 6.54 Å². The highest BCUT2D eigenvalue weighted by atomic mass is 16.5. The number of hydrogen-bond donors (Lipinski definition) is 3. The van der Waals surface area contributed by atoms with Crippen molar-refractivity contribution in [2.45, 2.75) is 38.8 Å². The zero-order chi connectivity index (χ0) is 15.9. The monoisotopic (exact) mass is 294 g/mol. The molecular formula is C15H22N2O4. The van der Waals surface area contributed by atoms with Gasteiger partial charge in [0.2, 0.25) is 0 Å². The van der Waals surface area contributed by atoms with Crippen LogP contribution >= 0.6 is 0 Å². The number of benzene rings is 1.